The number of hydrogen-bond donors (Lipinski definition) is 1. The highest BCUT2D eigenvalue weighted by Gasteiger charge is 2.18. The molecule has 0 saturated heterocycles. The van der Waals surface area contributed by atoms with Crippen molar-refractivity contribution in [1.29, 1.82) is 0 Å². The first kappa shape index (κ1) is 21.4. The van der Waals surface area contributed by atoms with E-state index in [1.165, 1.54) is 9.13 Å². The fraction of sp³-hybridized carbons (Fsp3) is 0.240. The Balaban J connectivity index is 1.84. The van der Waals surface area contributed by atoms with E-state index in [1.807, 2.05) is 24.3 Å². The summed E-state index contributed by atoms with van der Waals surface area (Å²) in [6, 6.07) is 24.0. The van der Waals surface area contributed by atoms with Gasteiger partial charge in [-0.3, -0.25) is 4.79 Å². The molecule has 29 heavy (non-hydrogen) atoms. The summed E-state index contributed by atoms with van der Waals surface area (Å²) in [6.07, 6.45) is 0.374. The van der Waals surface area contributed by atoms with Crippen LogP contribution in [0.2, 0.25) is 0 Å². The minimum atomic E-state index is -0.106. The molecule has 4 heteroatoms. The number of halogens is 1. The number of nitrogens with one attached hydrogen (secondary N) is 1. The zero-order chi connectivity index (χ0) is 20.8. The molecule has 0 aliphatic carbocycles. The molecule has 1 N–H and O–H groups in total. The molecule has 3 rings (SSSR count). The van der Waals surface area contributed by atoms with Crippen LogP contribution in [0.3, 0.4) is 0 Å². The molecule has 0 fully saturated rings. The lowest BCUT2D eigenvalue weighted by molar-refractivity contribution is 0.0976. The number of hydrogen-bond acceptors (Lipinski definition) is 3. The van der Waals surface area contributed by atoms with Gasteiger partial charge in [-0.1, -0.05) is 38.1 Å². The number of rotatable bonds is 8. The molecule has 3 aromatic rings. The molecule has 0 spiro atoms. The molecule has 3 aromatic carbocycles. The molecule has 0 aliphatic rings. The van der Waals surface area contributed by atoms with Crippen LogP contribution in [0.1, 0.15) is 53.7 Å². The van der Waals surface area contributed by atoms with Crippen molar-refractivity contribution in [3.8, 4) is 5.75 Å². The van der Waals surface area contributed by atoms with Gasteiger partial charge >= 0.3 is 0 Å². The molecule has 0 radical (unpaired) electrons. The third kappa shape index (κ3) is 5.82. The van der Waals surface area contributed by atoms with Gasteiger partial charge in [0.25, 0.3) is 0 Å². The molecular formula is C25H26INO2. The molecule has 0 bridgehead atoms. The Morgan fingerprint density at radius 3 is 2.03 bits per heavy atom. The monoisotopic (exact) mass is 499 g/mol. The molecule has 0 heterocycles. The van der Waals surface area contributed by atoms with Crippen LogP contribution in [0.5, 0.6) is 5.75 Å². The molecule has 1 unspecified atom stereocenters. The van der Waals surface area contributed by atoms with Crippen molar-refractivity contribution < 1.29 is 9.53 Å². The van der Waals surface area contributed by atoms with Crippen molar-refractivity contribution in [2.24, 2.45) is 0 Å². The highest BCUT2D eigenvalue weighted by molar-refractivity contribution is 14.1. The summed E-state index contributed by atoms with van der Waals surface area (Å²) in [5.74, 6) is 1.33. The van der Waals surface area contributed by atoms with E-state index in [4.69, 9.17) is 4.74 Å². The average molecular weight is 499 g/mol. The summed E-state index contributed by atoms with van der Waals surface area (Å²) in [4.78, 5) is 13.0. The molecule has 1 atom stereocenters. The fourth-order valence-electron chi connectivity index (χ4n) is 3.19. The van der Waals surface area contributed by atoms with Gasteiger partial charge in [-0.15, -0.1) is 0 Å². The molecule has 0 aliphatic heterocycles. The molecule has 0 saturated carbocycles. The maximum absolute atomic E-state index is 13.0. The molecule has 0 aromatic heterocycles. The third-order valence-corrected chi connectivity index (χ3v) is 5.71. The summed E-state index contributed by atoms with van der Waals surface area (Å²) < 4.78 is 6.37. The Kier molecular flexibility index (Phi) is 7.31. The minimum absolute atomic E-state index is 0.101. The lowest BCUT2D eigenvalue weighted by Gasteiger charge is -2.21. The second-order valence-corrected chi connectivity index (χ2v) is 8.63. The van der Waals surface area contributed by atoms with Gasteiger partial charge in [-0.25, -0.2) is 0 Å². The second kappa shape index (κ2) is 9.92. The molecule has 3 nitrogen and oxygen atoms in total. The molecule has 0 amide bonds. The Labute approximate surface area is 186 Å². The number of Topliss-reactive ketones (excluding diaryl/α,β-unsaturated/α-hetero) is 1. The van der Waals surface area contributed by atoms with Gasteiger partial charge in [-0.05, 0) is 88.2 Å². The van der Waals surface area contributed by atoms with Gasteiger partial charge in [0.1, 0.15) is 5.75 Å². The van der Waals surface area contributed by atoms with E-state index < -0.39 is 0 Å². The lowest BCUT2D eigenvalue weighted by atomic mass is 9.95. The summed E-state index contributed by atoms with van der Waals surface area (Å²) in [7, 11) is 1.62. The average Bonchev–Trinajstić information content (AvgIpc) is 2.75. The van der Waals surface area contributed by atoms with E-state index in [0.29, 0.717) is 17.9 Å². The lowest BCUT2D eigenvalue weighted by Crippen LogP contribution is -2.16. The quantitative estimate of drug-likeness (QED) is 0.272. The highest BCUT2D eigenvalue weighted by atomic mass is 127. The van der Waals surface area contributed by atoms with Crippen molar-refractivity contribution in [3.05, 3.63) is 93.1 Å². The SMILES string of the molecule is COc1ccc(C(=O)CC(Nc2ccc(I)cc2)c2ccc(C(C)C)cc2)cc1. The number of carbonyl (C=O) groups is 1. The fourth-order valence-corrected chi connectivity index (χ4v) is 3.55. The van der Waals surface area contributed by atoms with Gasteiger partial charge in [0.05, 0.1) is 13.2 Å². The number of carbonyl (C=O) groups excluding carboxylic acids is 1. The van der Waals surface area contributed by atoms with Gasteiger partial charge in [-0.2, -0.15) is 0 Å². The number of anilines is 1. The standard InChI is InChI=1S/C25H26INO2/c1-17(2)18-4-6-19(7-5-18)24(27-22-12-10-21(26)11-13-22)16-25(28)20-8-14-23(29-3)15-9-20/h4-15,17,24,27H,16H2,1-3H3. The summed E-state index contributed by atoms with van der Waals surface area (Å²) in [5.41, 5.74) is 4.10. The van der Waals surface area contributed by atoms with E-state index >= 15 is 0 Å². The van der Waals surface area contributed by atoms with E-state index in [1.54, 1.807) is 7.11 Å². The Morgan fingerprint density at radius 1 is 0.897 bits per heavy atom. The first-order valence-corrected chi connectivity index (χ1v) is 10.8. The zero-order valence-corrected chi connectivity index (χ0v) is 19.1. The second-order valence-electron chi connectivity index (χ2n) is 7.38. The normalized spacial score (nSPS) is 11.9. The first-order valence-electron chi connectivity index (χ1n) is 9.75. The van der Waals surface area contributed by atoms with Crippen LogP contribution in [-0.4, -0.2) is 12.9 Å². The molecular weight excluding hydrogens is 473 g/mol. The summed E-state index contributed by atoms with van der Waals surface area (Å²) >= 11 is 2.29. The summed E-state index contributed by atoms with van der Waals surface area (Å²) in [5, 5.41) is 3.55. The maximum atomic E-state index is 13.0. The van der Waals surface area contributed by atoms with E-state index in [0.717, 1.165) is 17.0 Å². The minimum Gasteiger partial charge on any atom is -0.497 e. The van der Waals surface area contributed by atoms with Crippen molar-refractivity contribution in [2.75, 3.05) is 12.4 Å². The smallest absolute Gasteiger partial charge is 0.165 e. The van der Waals surface area contributed by atoms with Crippen LogP contribution in [0.25, 0.3) is 0 Å². The summed E-state index contributed by atoms with van der Waals surface area (Å²) in [6.45, 7) is 4.37. The predicted octanol–water partition coefficient (Wildman–Crippen LogP) is 6.85. The predicted molar refractivity (Wildman–Crippen MR) is 128 cm³/mol. The van der Waals surface area contributed by atoms with Crippen LogP contribution >= 0.6 is 22.6 Å². The van der Waals surface area contributed by atoms with Crippen LogP contribution in [0.4, 0.5) is 5.69 Å². The third-order valence-electron chi connectivity index (χ3n) is 4.99. The number of benzene rings is 3. The van der Waals surface area contributed by atoms with Gasteiger partial charge in [0.15, 0.2) is 5.78 Å². The largest absolute Gasteiger partial charge is 0.497 e. The Bertz CT molecular complexity index is 932. The van der Waals surface area contributed by atoms with Gasteiger partial charge in [0.2, 0.25) is 0 Å². The molecule has 150 valence electrons. The van der Waals surface area contributed by atoms with E-state index in [2.05, 4.69) is 90.3 Å². The van der Waals surface area contributed by atoms with Crippen LogP contribution < -0.4 is 10.1 Å². The van der Waals surface area contributed by atoms with Gasteiger partial charge < -0.3 is 10.1 Å². The van der Waals surface area contributed by atoms with Crippen LogP contribution in [0.15, 0.2) is 72.8 Å². The number of ketones is 1. The van der Waals surface area contributed by atoms with Crippen LogP contribution in [0, 0.1) is 3.57 Å². The Hall–Kier alpha value is -2.34. The van der Waals surface area contributed by atoms with E-state index in [9.17, 15) is 4.79 Å². The Morgan fingerprint density at radius 2 is 1.48 bits per heavy atom. The first-order chi connectivity index (χ1) is 14.0. The maximum Gasteiger partial charge on any atom is 0.165 e. The van der Waals surface area contributed by atoms with Crippen LogP contribution in [-0.2, 0) is 0 Å². The van der Waals surface area contributed by atoms with E-state index in [-0.39, 0.29) is 11.8 Å². The van der Waals surface area contributed by atoms with Crippen molar-refractivity contribution in [1.82, 2.24) is 0 Å². The highest BCUT2D eigenvalue weighted by Crippen LogP contribution is 2.27. The number of ether oxygens (including phenoxy) is 1. The number of methoxy groups -OCH3 is 1. The van der Waals surface area contributed by atoms with Crippen molar-refractivity contribution in [3.63, 3.8) is 0 Å². The topological polar surface area (TPSA) is 38.3 Å². The zero-order valence-electron chi connectivity index (χ0n) is 17.0. The van der Waals surface area contributed by atoms with Crippen molar-refractivity contribution in [2.45, 2.75) is 32.2 Å². The van der Waals surface area contributed by atoms with Crippen molar-refractivity contribution >= 4 is 34.1 Å². The van der Waals surface area contributed by atoms with Gasteiger partial charge in [0, 0.05) is 21.2 Å².